The van der Waals surface area contributed by atoms with Gasteiger partial charge in [-0.3, -0.25) is 14.4 Å². The van der Waals surface area contributed by atoms with E-state index < -0.39 is 0 Å². The molecule has 0 atom stereocenters. The maximum absolute atomic E-state index is 13.3. The molecule has 32 heavy (non-hydrogen) atoms. The highest BCUT2D eigenvalue weighted by Crippen LogP contribution is 2.33. The van der Waals surface area contributed by atoms with Crippen LogP contribution in [0.3, 0.4) is 0 Å². The van der Waals surface area contributed by atoms with E-state index in [2.05, 4.69) is 5.10 Å². The number of fused-ring (bicyclic) bond motifs is 1. The second-order valence-electron chi connectivity index (χ2n) is 7.82. The molecule has 0 saturated carbocycles. The summed E-state index contributed by atoms with van der Waals surface area (Å²) in [7, 11) is 0. The Bertz CT molecular complexity index is 1280. The van der Waals surface area contributed by atoms with Crippen molar-refractivity contribution in [2.75, 3.05) is 18.1 Å². The highest BCUT2D eigenvalue weighted by Gasteiger charge is 2.22. The summed E-state index contributed by atoms with van der Waals surface area (Å²) in [5.41, 5.74) is 4.82. The molecule has 4 aromatic rings. The Balaban J connectivity index is 1.60. The van der Waals surface area contributed by atoms with Crippen molar-refractivity contribution in [1.29, 1.82) is 0 Å². The monoisotopic (exact) mass is 468 g/mol. The lowest BCUT2D eigenvalue weighted by Crippen LogP contribution is -2.37. The predicted molar refractivity (Wildman–Crippen MR) is 130 cm³/mol. The first-order valence-corrected chi connectivity index (χ1v) is 11.6. The summed E-state index contributed by atoms with van der Waals surface area (Å²) in [4.78, 5) is 19.7. The molecule has 1 amide bonds. The number of aryl methyl sites for hydroxylation is 4. The van der Waals surface area contributed by atoms with E-state index in [1.165, 1.54) is 11.3 Å². The van der Waals surface area contributed by atoms with Gasteiger partial charge in [-0.25, -0.2) is 4.98 Å². The Morgan fingerprint density at radius 1 is 1.16 bits per heavy atom. The Kier molecular flexibility index (Phi) is 6.48. The third-order valence-corrected chi connectivity index (χ3v) is 6.71. The SMILES string of the molecule is Cc1cccc(OCC(=O)N(CCn2nc(C)cc2C)c2nc3c(C)c(Cl)ccc3s2)c1. The summed E-state index contributed by atoms with van der Waals surface area (Å²) in [6.45, 7) is 8.82. The van der Waals surface area contributed by atoms with E-state index in [-0.39, 0.29) is 12.5 Å². The number of thiazole rings is 1. The van der Waals surface area contributed by atoms with Crippen LogP contribution in [0.1, 0.15) is 22.5 Å². The van der Waals surface area contributed by atoms with Gasteiger partial charge in [0, 0.05) is 17.3 Å². The molecule has 0 unspecified atom stereocenters. The van der Waals surface area contributed by atoms with Gasteiger partial charge in [0.2, 0.25) is 0 Å². The van der Waals surface area contributed by atoms with Crippen LogP contribution in [0.25, 0.3) is 10.2 Å². The number of anilines is 1. The van der Waals surface area contributed by atoms with Crippen LogP contribution in [0.4, 0.5) is 5.13 Å². The molecule has 0 N–H and O–H groups in total. The average Bonchev–Trinajstić information content (AvgIpc) is 3.32. The predicted octanol–water partition coefficient (Wildman–Crippen LogP) is 5.49. The summed E-state index contributed by atoms with van der Waals surface area (Å²) in [5, 5.41) is 5.81. The molecule has 0 aliphatic rings. The summed E-state index contributed by atoms with van der Waals surface area (Å²) in [6.07, 6.45) is 0. The second kappa shape index (κ2) is 9.30. The first-order chi connectivity index (χ1) is 15.3. The fraction of sp³-hybridized carbons (Fsp3) is 0.292. The lowest BCUT2D eigenvalue weighted by Gasteiger charge is -2.20. The number of hydrogen-bond acceptors (Lipinski definition) is 5. The van der Waals surface area contributed by atoms with Crippen molar-refractivity contribution in [3.05, 3.63) is 70.0 Å². The van der Waals surface area contributed by atoms with Crippen molar-refractivity contribution in [1.82, 2.24) is 14.8 Å². The van der Waals surface area contributed by atoms with E-state index in [4.69, 9.17) is 21.3 Å². The molecule has 6 nitrogen and oxygen atoms in total. The molecule has 0 saturated heterocycles. The molecule has 4 rings (SSSR count). The molecular formula is C24H25ClN4O2S. The van der Waals surface area contributed by atoms with E-state index in [0.29, 0.717) is 29.0 Å². The highest BCUT2D eigenvalue weighted by atomic mass is 35.5. The highest BCUT2D eigenvalue weighted by molar-refractivity contribution is 7.22. The summed E-state index contributed by atoms with van der Waals surface area (Å²) in [5.74, 6) is 0.514. The fourth-order valence-corrected chi connectivity index (χ4v) is 4.78. The van der Waals surface area contributed by atoms with Gasteiger partial charge in [-0.2, -0.15) is 5.10 Å². The molecule has 0 bridgehead atoms. The van der Waals surface area contributed by atoms with Crippen molar-refractivity contribution in [2.24, 2.45) is 0 Å². The van der Waals surface area contributed by atoms with Gasteiger partial charge in [0.25, 0.3) is 5.91 Å². The number of carbonyl (C=O) groups is 1. The number of carbonyl (C=O) groups excluding carboxylic acids is 1. The van der Waals surface area contributed by atoms with Gasteiger partial charge in [-0.05, 0) is 69.2 Å². The third kappa shape index (κ3) is 4.79. The van der Waals surface area contributed by atoms with Gasteiger partial charge in [0.1, 0.15) is 5.75 Å². The van der Waals surface area contributed by atoms with Gasteiger partial charge in [-0.15, -0.1) is 0 Å². The molecule has 0 spiro atoms. The minimum absolute atomic E-state index is 0.0732. The Labute approximate surface area is 196 Å². The standard InChI is InChI=1S/C24H25ClN4O2S/c1-15-6-5-7-19(12-15)31-14-22(30)28(10-11-29-17(3)13-16(2)27-29)24-26-23-18(4)20(25)8-9-21(23)32-24/h5-9,12-13H,10-11,14H2,1-4H3. The van der Waals surface area contributed by atoms with Crippen LogP contribution in [0.2, 0.25) is 5.02 Å². The molecule has 0 fully saturated rings. The Morgan fingerprint density at radius 2 is 1.97 bits per heavy atom. The second-order valence-corrected chi connectivity index (χ2v) is 9.23. The van der Waals surface area contributed by atoms with Crippen molar-refractivity contribution < 1.29 is 9.53 Å². The molecule has 0 radical (unpaired) electrons. The molecule has 166 valence electrons. The van der Waals surface area contributed by atoms with Crippen LogP contribution in [-0.2, 0) is 11.3 Å². The maximum atomic E-state index is 13.3. The lowest BCUT2D eigenvalue weighted by molar-refractivity contribution is -0.120. The normalized spacial score (nSPS) is 11.2. The third-order valence-electron chi connectivity index (χ3n) is 5.26. The molecule has 2 heterocycles. The lowest BCUT2D eigenvalue weighted by atomic mass is 10.2. The molecular weight excluding hydrogens is 444 g/mol. The number of ether oxygens (including phenoxy) is 1. The fourth-order valence-electron chi connectivity index (χ4n) is 3.56. The maximum Gasteiger partial charge on any atom is 0.266 e. The van der Waals surface area contributed by atoms with Crippen LogP contribution >= 0.6 is 22.9 Å². The van der Waals surface area contributed by atoms with Crippen LogP contribution in [0, 0.1) is 27.7 Å². The number of rotatable bonds is 7. The molecule has 0 aliphatic heterocycles. The topological polar surface area (TPSA) is 60.2 Å². The zero-order chi connectivity index (χ0) is 22.8. The van der Waals surface area contributed by atoms with E-state index in [1.54, 1.807) is 4.90 Å². The number of amides is 1. The first-order valence-electron chi connectivity index (χ1n) is 10.4. The summed E-state index contributed by atoms with van der Waals surface area (Å²) in [6, 6.07) is 13.5. The van der Waals surface area contributed by atoms with Crippen molar-refractivity contribution in [2.45, 2.75) is 34.2 Å². The largest absolute Gasteiger partial charge is 0.484 e. The summed E-state index contributed by atoms with van der Waals surface area (Å²) >= 11 is 7.76. The van der Waals surface area contributed by atoms with Crippen LogP contribution in [0.15, 0.2) is 42.5 Å². The van der Waals surface area contributed by atoms with E-state index in [1.807, 2.05) is 74.8 Å². The number of hydrogen-bond donors (Lipinski definition) is 0. The Hall–Kier alpha value is -2.90. The minimum atomic E-state index is -0.157. The van der Waals surface area contributed by atoms with E-state index in [0.717, 1.165) is 32.7 Å². The van der Waals surface area contributed by atoms with Crippen LogP contribution in [0.5, 0.6) is 5.75 Å². The van der Waals surface area contributed by atoms with E-state index in [9.17, 15) is 4.79 Å². The zero-order valence-electron chi connectivity index (χ0n) is 18.6. The van der Waals surface area contributed by atoms with Gasteiger partial charge in [0.15, 0.2) is 11.7 Å². The minimum Gasteiger partial charge on any atom is -0.484 e. The van der Waals surface area contributed by atoms with Gasteiger partial charge in [-0.1, -0.05) is 35.1 Å². The smallest absolute Gasteiger partial charge is 0.266 e. The van der Waals surface area contributed by atoms with Gasteiger partial charge < -0.3 is 4.74 Å². The number of benzene rings is 2. The van der Waals surface area contributed by atoms with Crippen LogP contribution in [-0.4, -0.2) is 33.8 Å². The molecule has 2 aromatic carbocycles. The average molecular weight is 469 g/mol. The number of aromatic nitrogens is 3. The quantitative estimate of drug-likeness (QED) is 0.359. The zero-order valence-corrected chi connectivity index (χ0v) is 20.1. The van der Waals surface area contributed by atoms with Crippen LogP contribution < -0.4 is 9.64 Å². The van der Waals surface area contributed by atoms with Gasteiger partial charge >= 0.3 is 0 Å². The van der Waals surface area contributed by atoms with Crippen molar-refractivity contribution in [3.63, 3.8) is 0 Å². The summed E-state index contributed by atoms with van der Waals surface area (Å²) < 4.78 is 8.69. The van der Waals surface area contributed by atoms with Crippen molar-refractivity contribution in [3.8, 4) is 5.75 Å². The van der Waals surface area contributed by atoms with E-state index >= 15 is 0 Å². The first kappa shape index (κ1) is 22.3. The number of nitrogens with zero attached hydrogens (tertiary/aromatic N) is 4. The van der Waals surface area contributed by atoms with Gasteiger partial charge in [0.05, 0.1) is 22.5 Å². The molecule has 0 aliphatic carbocycles. The molecule has 2 aromatic heterocycles. The molecule has 8 heteroatoms. The van der Waals surface area contributed by atoms with Crippen molar-refractivity contribution >= 4 is 44.2 Å². The number of halogens is 1. The Morgan fingerprint density at radius 3 is 2.69 bits per heavy atom.